The van der Waals surface area contributed by atoms with Crippen LogP contribution in [-0.2, 0) is 18.9 Å². The summed E-state index contributed by atoms with van der Waals surface area (Å²) in [6.45, 7) is 1.89. The van der Waals surface area contributed by atoms with Gasteiger partial charge in [-0.05, 0) is 13.3 Å². The highest BCUT2D eigenvalue weighted by Crippen LogP contribution is 2.22. The van der Waals surface area contributed by atoms with Gasteiger partial charge in [-0.25, -0.2) is 0 Å². The Morgan fingerprint density at radius 3 is 2.56 bits per heavy atom. The molecule has 0 bridgehead atoms. The number of amides is 1. The normalized spacial score (nSPS) is 13.9. The molecule has 0 heterocycles. The van der Waals surface area contributed by atoms with Gasteiger partial charge >= 0.3 is 5.97 Å². The van der Waals surface area contributed by atoms with E-state index in [9.17, 15) is 14.2 Å². The Morgan fingerprint density at radius 2 is 2.12 bits per heavy atom. The molecule has 0 spiro atoms. The molecule has 0 saturated carbocycles. The zero-order chi connectivity index (χ0) is 12.6. The fourth-order valence-electron chi connectivity index (χ4n) is 1.20. The zero-order valence-corrected chi connectivity index (χ0v) is 10.5. The topological polar surface area (TPSA) is 92.7 Å². The molecular formula is C9H18NO5P. The number of carbonyl (C=O) groups is 2. The van der Waals surface area contributed by atoms with Gasteiger partial charge in [0.05, 0.1) is 12.5 Å². The van der Waals surface area contributed by atoms with E-state index in [1.165, 1.54) is 7.05 Å². The lowest BCUT2D eigenvalue weighted by molar-refractivity contribution is -0.147. The van der Waals surface area contributed by atoms with E-state index in [0.717, 1.165) is 0 Å². The highest BCUT2D eigenvalue weighted by Gasteiger charge is 2.22. The lowest BCUT2D eigenvalue weighted by Gasteiger charge is -2.13. The maximum absolute atomic E-state index is 11.4. The number of hydrogen-bond acceptors (Lipinski definition) is 4. The van der Waals surface area contributed by atoms with Gasteiger partial charge in [-0.15, -0.1) is 0 Å². The maximum Gasteiger partial charge on any atom is 0.309 e. The van der Waals surface area contributed by atoms with Gasteiger partial charge in [0.1, 0.15) is 0 Å². The second-order valence-corrected chi connectivity index (χ2v) is 4.45. The molecule has 1 amide bonds. The first-order chi connectivity index (χ1) is 7.51. The summed E-state index contributed by atoms with van der Waals surface area (Å²) in [4.78, 5) is 31.2. The minimum absolute atomic E-state index is 0.125. The molecule has 94 valence electrons. The molecular weight excluding hydrogens is 233 g/mol. The van der Waals surface area contributed by atoms with Crippen LogP contribution in [0, 0.1) is 5.92 Å². The van der Waals surface area contributed by atoms with Crippen LogP contribution in [0.1, 0.15) is 19.8 Å². The Hall–Kier alpha value is -0.870. The van der Waals surface area contributed by atoms with Crippen LogP contribution in [0.25, 0.3) is 0 Å². The van der Waals surface area contributed by atoms with Crippen LogP contribution < -0.4 is 5.32 Å². The molecule has 16 heavy (non-hydrogen) atoms. The molecule has 0 aromatic carbocycles. The van der Waals surface area contributed by atoms with Crippen LogP contribution in [0.4, 0.5) is 0 Å². The average Bonchev–Trinajstić information content (AvgIpc) is 2.23. The van der Waals surface area contributed by atoms with Crippen molar-refractivity contribution in [1.29, 1.82) is 0 Å². The summed E-state index contributed by atoms with van der Waals surface area (Å²) in [5, 5.41) is 2.42. The van der Waals surface area contributed by atoms with Gasteiger partial charge in [0.2, 0.25) is 5.91 Å². The van der Waals surface area contributed by atoms with Gasteiger partial charge in [0.15, 0.2) is 8.03 Å². The molecule has 2 unspecified atom stereocenters. The van der Waals surface area contributed by atoms with Crippen molar-refractivity contribution in [3.63, 3.8) is 0 Å². The summed E-state index contributed by atoms with van der Waals surface area (Å²) in [6, 6.07) is 0. The van der Waals surface area contributed by atoms with Crippen LogP contribution >= 0.6 is 8.03 Å². The quantitative estimate of drug-likeness (QED) is 0.496. The molecule has 0 fully saturated rings. The molecule has 0 aromatic rings. The van der Waals surface area contributed by atoms with E-state index in [1.54, 1.807) is 6.92 Å². The summed E-state index contributed by atoms with van der Waals surface area (Å²) in [7, 11) is -1.24. The van der Waals surface area contributed by atoms with Crippen LogP contribution in [0.2, 0.25) is 0 Å². The third kappa shape index (κ3) is 6.58. The smallest absolute Gasteiger partial charge is 0.309 e. The standard InChI is InChI=1S/C9H18NO5P/c1-3-15-9(12)7(6-16(13)14)4-5-8(11)10-2/h7,16H,3-6H2,1-2H3,(H,10,11)(H,13,14). The van der Waals surface area contributed by atoms with Gasteiger partial charge in [0.25, 0.3) is 0 Å². The molecule has 6 nitrogen and oxygen atoms in total. The SMILES string of the molecule is CCOC(=O)C(CCC(=O)NC)C[PH](=O)O. The molecule has 0 aliphatic rings. The monoisotopic (exact) mass is 251 g/mol. The van der Waals surface area contributed by atoms with E-state index in [0.29, 0.717) is 0 Å². The number of nitrogens with one attached hydrogen (secondary N) is 1. The van der Waals surface area contributed by atoms with E-state index in [-0.39, 0.29) is 31.5 Å². The first kappa shape index (κ1) is 15.1. The van der Waals surface area contributed by atoms with Crippen molar-refractivity contribution in [2.24, 2.45) is 5.92 Å². The molecule has 0 radical (unpaired) electrons. The second kappa shape index (κ2) is 8.30. The third-order valence-electron chi connectivity index (χ3n) is 2.04. The fraction of sp³-hybridized carbons (Fsp3) is 0.778. The highest BCUT2D eigenvalue weighted by molar-refractivity contribution is 7.38. The van der Waals surface area contributed by atoms with Crippen molar-refractivity contribution in [3.05, 3.63) is 0 Å². The van der Waals surface area contributed by atoms with Crippen molar-refractivity contribution in [2.75, 3.05) is 19.8 Å². The fourth-order valence-corrected chi connectivity index (χ4v) is 2.00. The summed E-state index contributed by atoms with van der Waals surface area (Å²) in [5.74, 6) is -1.39. The molecule has 0 saturated heterocycles. The number of hydrogen-bond donors (Lipinski definition) is 2. The molecule has 0 aliphatic heterocycles. The van der Waals surface area contributed by atoms with Crippen molar-refractivity contribution >= 4 is 19.9 Å². The van der Waals surface area contributed by atoms with Crippen LogP contribution in [0.3, 0.4) is 0 Å². The van der Waals surface area contributed by atoms with Gasteiger partial charge in [0, 0.05) is 19.6 Å². The lowest BCUT2D eigenvalue weighted by Crippen LogP contribution is -2.24. The molecule has 2 atom stereocenters. The molecule has 2 N–H and O–H groups in total. The number of rotatable bonds is 7. The Labute approximate surface area is 95.2 Å². The van der Waals surface area contributed by atoms with Gasteiger partial charge < -0.3 is 14.9 Å². The van der Waals surface area contributed by atoms with Crippen molar-refractivity contribution < 1.29 is 23.8 Å². The van der Waals surface area contributed by atoms with E-state index in [2.05, 4.69) is 5.32 Å². The molecule has 0 aromatic heterocycles. The van der Waals surface area contributed by atoms with Gasteiger partial charge in [-0.1, -0.05) is 0 Å². The molecule has 7 heteroatoms. The van der Waals surface area contributed by atoms with Crippen molar-refractivity contribution in [1.82, 2.24) is 5.32 Å². The second-order valence-electron chi connectivity index (χ2n) is 3.26. The van der Waals surface area contributed by atoms with Crippen LogP contribution in [-0.4, -0.2) is 36.6 Å². The van der Waals surface area contributed by atoms with E-state index in [4.69, 9.17) is 9.63 Å². The third-order valence-corrected chi connectivity index (χ3v) is 2.88. The Bertz CT molecular complexity index is 269. The first-order valence-corrected chi connectivity index (χ1v) is 6.66. The summed E-state index contributed by atoms with van der Waals surface area (Å²) < 4.78 is 15.5. The van der Waals surface area contributed by atoms with Crippen LogP contribution in [0.5, 0.6) is 0 Å². The highest BCUT2D eigenvalue weighted by atomic mass is 31.1. The summed E-state index contributed by atoms with van der Waals surface area (Å²) in [6.07, 6.45) is 0.255. The predicted octanol–water partition coefficient (Wildman–Crippen LogP) is 0.159. The Morgan fingerprint density at radius 1 is 1.50 bits per heavy atom. The van der Waals surface area contributed by atoms with E-state index < -0.39 is 19.9 Å². The minimum Gasteiger partial charge on any atom is -0.466 e. The maximum atomic E-state index is 11.4. The molecule has 0 rings (SSSR count). The number of carbonyl (C=O) groups excluding carboxylic acids is 2. The average molecular weight is 251 g/mol. The van der Waals surface area contributed by atoms with Gasteiger partial charge in [-0.3, -0.25) is 14.2 Å². The van der Waals surface area contributed by atoms with Gasteiger partial charge in [-0.2, -0.15) is 0 Å². The largest absolute Gasteiger partial charge is 0.466 e. The Kier molecular flexibility index (Phi) is 7.85. The van der Waals surface area contributed by atoms with Crippen LogP contribution in [0.15, 0.2) is 0 Å². The van der Waals surface area contributed by atoms with Crippen molar-refractivity contribution in [2.45, 2.75) is 19.8 Å². The minimum atomic E-state index is -2.73. The molecule has 0 aliphatic carbocycles. The van der Waals surface area contributed by atoms with Crippen molar-refractivity contribution in [3.8, 4) is 0 Å². The number of esters is 1. The first-order valence-electron chi connectivity index (χ1n) is 5.10. The predicted molar refractivity (Wildman–Crippen MR) is 59.5 cm³/mol. The van der Waals surface area contributed by atoms with E-state index >= 15 is 0 Å². The summed E-state index contributed by atoms with van der Waals surface area (Å²) in [5.41, 5.74) is 0. The summed E-state index contributed by atoms with van der Waals surface area (Å²) >= 11 is 0. The number of ether oxygens (including phenoxy) is 1. The Balaban J connectivity index is 4.25. The lowest BCUT2D eigenvalue weighted by atomic mass is 10.1. The zero-order valence-electron chi connectivity index (χ0n) is 9.49. The van der Waals surface area contributed by atoms with E-state index in [1.807, 2.05) is 0 Å².